The zero-order chi connectivity index (χ0) is 13.0. The molecule has 0 aromatic heterocycles. The third-order valence-corrected chi connectivity index (χ3v) is 4.75. The summed E-state index contributed by atoms with van der Waals surface area (Å²) in [5, 5.41) is 0. The number of rotatable bonds is 0. The molecule has 0 saturated heterocycles. The maximum atomic E-state index is 7.23. The molecule has 0 aliphatic carbocycles. The predicted octanol–water partition coefficient (Wildman–Crippen LogP) is 0.637. The van der Waals surface area contributed by atoms with Gasteiger partial charge >= 0.3 is 97.8 Å². The van der Waals surface area contributed by atoms with Crippen molar-refractivity contribution < 1.29 is 19.4 Å². The molecule has 3 N–H and O–H groups in total. The normalized spacial score (nSPS) is 11.8. The van der Waals surface area contributed by atoms with Gasteiger partial charge in [0.25, 0.3) is 0 Å². The number of hydrogen-bond acceptors (Lipinski definition) is 4. The summed E-state index contributed by atoms with van der Waals surface area (Å²) in [6.07, 6.45) is 0. The monoisotopic (exact) mass is 325 g/mol. The Bertz CT molecular complexity index is 443. The molecule has 0 saturated carbocycles. The minimum atomic E-state index is -2.62. The van der Waals surface area contributed by atoms with Gasteiger partial charge in [0.1, 0.15) is 0 Å². The van der Waals surface area contributed by atoms with Crippen LogP contribution in [0.4, 0.5) is 0 Å². The molecule has 0 spiro atoms. The Hall–Kier alpha value is -0.892. The van der Waals surface area contributed by atoms with Crippen molar-refractivity contribution in [2.24, 2.45) is 0 Å². The van der Waals surface area contributed by atoms with Crippen molar-refractivity contribution in [1.82, 2.24) is 0 Å². The predicted molar refractivity (Wildman–Crippen MR) is 71.6 cm³/mol. The van der Waals surface area contributed by atoms with E-state index in [4.69, 9.17) is 19.4 Å². The van der Waals surface area contributed by atoms with E-state index in [1.165, 1.54) is 8.70 Å². The zero-order valence-electron chi connectivity index (χ0n) is 9.26. The second kappa shape index (κ2) is 6.33. The van der Waals surface area contributed by atoms with Crippen LogP contribution in [0.25, 0.3) is 0 Å². The van der Waals surface area contributed by atoms with Crippen LogP contribution in [0.5, 0.6) is 11.5 Å². The van der Waals surface area contributed by atoms with Crippen LogP contribution in [-0.4, -0.2) is 30.4 Å². The van der Waals surface area contributed by atoms with Crippen molar-refractivity contribution in [3.8, 4) is 11.5 Å². The van der Waals surface area contributed by atoms with Crippen LogP contribution in [0, 0.1) is 0 Å². The van der Waals surface area contributed by atoms with Crippen molar-refractivity contribution in [3.63, 3.8) is 0 Å². The fourth-order valence-electron chi connectivity index (χ4n) is 1.52. The molecule has 1 aliphatic heterocycles. The van der Waals surface area contributed by atoms with E-state index in [1.54, 1.807) is 0 Å². The summed E-state index contributed by atoms with van der Waals surface area (Å²) in [5.41, 5.74) is 0. The molecule has 0 atom stereocenters. The molecule has 3 rings (SSSR count). The Labute approximate surface area is 113 Å². The number of hydrogen-bond donors (Lipinski definition) is 3. The average Bonchev–Trinajstić information content (AvgIpc) is 2.35. The van der Waals surface area contributed by atoms with Crippen LogP contribution in [0.15, 0.2) is 48.5 Å². The molecule has 2 aromatic rings. The number of benzene rings is 2. The summed E-state index contributed by atoms with van der Waals surface area (Å²) < 4.78 is 8.53. The molecule has 0 unspecified atom stereocenters. The second-order valence-electron chi connectivity index (χ2n) is 3.42. The Balaban J connectivity index is 0.000000267. The van der Waals surface area contributed by atoms with E-state index in [1.807, 2.05) is 24.3 Å². The van der Waals surface area contributed by atoms with Crippen LogP contribution >= 0.6 is 8.60 Å². The molecule has 0 amide bonds. The van der Waals surface area contributed by atoms with Crippen LogP contribution < -0.4 is 13.4 Å². The van der Waals surface area contributed by atoms with Gasteiger partial charge in [-0.25, -0.2) is 0 Å². The topological polar surface area (TPSA) is 69.9 Å². The summed E-state index contributed by atoms with van der Waals surface area (Å²) in [7, 11) is -2.62. The molecule has 1 aliphatic rings. The molecule has 0 bridgehead atoms. The summed E-state index contributed by atoms with van der Waals surface area (Å²) in [6.45, 7) is 0. The fraction of sp³-hybridized carbons (Fsp3) is 0. The van der Waals surface area contributed by atoms with E-state index in [0.29, 0.717) is 0 Å². The van der Waals surface area contributed by atoms with Gasteiger partial charge < -0.3 is 14.7 Å². The van der Waals surface area contributed by atoms with Crippen LogP contribution in [0.3, 0.4) is 0 Å². The third kappa shape index (κ3) is 3.55. The third-order valence-electron chi connectivity index (χ3n) is 2.19. The zero-order valence-corrected chi connectivity index (χ0v) is 12.0. The molecular formula is C12H11AsO4P. The first-order chi connectivity index (χ1) is 8.66. The molecule has 1 heterocycles. The standard InChI is InChI=1S/C12H8AsO.H3O3P/c1-3-7-11-9(5-1)13-10-6-2-4-8-12(10)14-11;1-4(2)3/h1-8H;1-3H. The van der Waals surface area contributed by atoms with E-state index < -0.39 is 8.60 Å². The molecule has 18 heavy (non-hydrogen) atoms. The molecule has 2 aromatic carbocycles. The van der Waals surface area contributed by atoms with Crippen molar-refractivity contribution in [2.45, 2.75) is 0 Å². The Morgan fingerprint density at radius 1 is 0.778 bits per heavy atom. The van der Waals surface area contributed by atoms with E-state index >= 15 is 0 Å². The number of ether oxygens (including phenoxy) is 1. The van der Waals surface area contributed by atoms with Crippen molar-refractivity contribution in [2.75, 3.05) is 0 Å². The van der Waals surface area contributed by atoms with Crippen molar-refractivity contribution >= 4 is 33.1 Å². The molecule has 1 radical (unpaired) electrons. The first-order valence-corrected chi connectivity index (χ1v) is 8.19. The van der Waals surface area contributed by atoms with Gasteiger partial charge in [-0.2, -0.15) is 0 Å². The molecule has 4 nitrogen and oxygen atoms in total. The maximum absolute atomic E-state index is 7.23. The van der Waals surface area contributed by atoms with Gasteiger partial charge in [-0.05, 0) is 0 Å². The van der Waals surface area contributed by atoms with Gasteiger partial charge in [-0.3, -0.25) is 0 Å². The quantitative estimate of drug-likeness (QED) is 0.419. The van der Waals surface area contributed by atoms with Crippen LogP contribution in [0.1, 0.15) is 0 Å². The van der Waals surface area contributed by atoms with Gasteiger partial charge in [0.05, 0.1) is 0 Å². The van der Waals surface area contributed by atoms with Crippen LogP contribution in [-0.2, 0) is 0 Å². The van der Waals surface area contributed by atoms with Gasteiger partial charge in [-0.15, -0.1) is 0 Å². The Morgan fingerprint density at radius 3 is 1.61 bits per heavy atom. The average molecular weight is 325 g/mol. The second-order valence-corrected chi connectivity index (χ2v) is 6.45. The Kier molecular flexibility index (Phi) is 4.76. The summed E-state index contributed by atoms with van der Waals surface area (Å²) in [5.74, 6) is 2.07. The van der Waals surface area contributed by atoms with Crippen molar-refractivity contribution in [1.29, 1.82) is 0 Å². The molecule has 6 heteroatoms. The minimum absolute atomic E-state index is 0.102. The number of fused-ring (bicyclic) bond motifs is 2. The van der Waals surface area contributed by atoms with E-state index in [2.05, 4.69) is 24.3 Å². The SMILES string of the molecule is OP(O)O.c1ccc2c(c1)Oc1ccccc1[As]2. The van der Waals surface area contributed by atoms with E-state index in [-0.39, 0.29) is 15.8 Å². The van der Waals surface area contributed by atoms with E-state index in [9.17, 15) is 0 Å². The number of para-hydroxylation sites is 2. The van der Waals surface area contributed by atoms with Crippen LogP contribution in [0.2, 0.25) is 0 Å². The van der Waals surface area contributed by atoms with Crippen molar-refractivity contribution in [3.05, 3.63) is 48.5 Å². The molecule has 0 fully saturated rings. The Morgan fingerprint density at radius 2 is 1.17 bits per heavy atom. The van der Waals surface area contributed by atoms with Gasteiger partial charge in [-0.1, -0.05) is 0 Å². The summed E-state index contributed by atoms with van der Waals surface area (Å²) in [4.78, 5) is 21.7. The van der Waals surface area contributed by atoms with Gasteiger partial charge in [0.15, 0.2) is 0 Å². The van der Waals surface area contributed by atoms with E-state index in [0.717, 1.165) is 11.5 Å². The first kappa shape index (κ1) is 13.5. The molecular weight excluding hydrogens is 314 g/mol. The molecule has 93 valence electrons. The summed E-state index contributed by atoms with van der Waals surface area (Å²) >= 11 is 0.102. The summed E-state index contributed by atoms with van der Waals surface area (Å²) in [6, 6.07) is 16.6. The van der Waals surface area contributed by atoms with Gasteiger partial charge in [0.2, 0.25) is 0 Å². The first-order valence-electron chi connectivity index (χ1n) is 5.11. The fourth-order valence-corrected chi connectivity index (χ4v) is 3.71. The van der Waals surface area contributed by atoms with Gasteiger partial charge in [0, 0.05) is 0 Å².